The minimum atomic E-state index is 0.624. The van der Waals surface area contributed by atoms with Gasteiger partial charge in [-0.1, -0.05) is 19.3 Å². The molecule has 1 aliphatic carbocycles. The molecule has 1 fully saturated rings. The molecule has 0 radical (unpaired) electrons. The Morgan fingerprint density at radius 2 is 2.05 bits per heavy atom. The van der Waals surface area contributed by atoms with Gasteiger partial charge in [-0.2, -0.15) is 5.10 Å². The van der Waals surface area contributed by atoms with Crippen LogP contribution in [0.3, 0.4) is 0 Å². The molecule has 2 aromatic rings. The van der Waals surface area contributed by atoms with E-state index in [0.717, 1.165) is 29.5 Å². The molecule has 1 saturated carbocycles. The fraction of sp³-hybridized carbons (Fsp3) is 0.600. The SMILES string of the molecule is Cc1nc(CNCc2ccn(C3CCCCC3)n2)cs1. The van der Waals surface area contributed by atoms with E-state index >= 15 is 0 Å². The van der Waals surface area contributed by atoms with Gasteiger partial charge in [0.25, 0.3) is 0 Å². The Balaban J connectivity index is 1.49. The Labute approximate surface area is 124 Å². The molecule has 2 aromatic heterocycles. The number of aryl methyl sites for hydroxylation is 1. The Bertz CT molecular complexity index is 540. The van der Waals surface area contributed by atoms with E-state index < -0.39 is 0 Å². The van der Waals surface area contributed by atoms with Crippen LogP contribution in [0.4, 0.5) is 0 Å². The van der Waals surface area contributed by atoms with Crippen molar-refractivity contribution in [3.8, 4) is 0 Å². The zero-order chi connectivity index (χ0) is 13.8. The summed E-state index contributed by atoms with van der Waals surface area (Å²) in [5.74, 6) is 0. The van der Waals surface area contributed by atoms with Crippen molar-refractivity contribution < 1.29 is 0 Å². The molecule has 0 amide bonds. The van der Waals surface area contributed by atoms with Gasteiger partial charge in [-0.25, -0.2) is 4.98 Å². The van der Waals surface area contributed by atoms with E-state index in [1.165, 1.54) is 32.1 Å². The maximum atomic E-state index is 4.71. The van der Waals surface area contributed by atoms with Crippen molar-refractivity contribution in [2.75, 3.05) is 0 Å². The number of nitrogens with one attached hydrogen (secondary N) is 1. The first-order chi connectivity index (χ1) is 9.81. The maximum Gasteiger partial charge on any atom is 0.0897 e. The minimum absolute atomic E-state index is 0.624. The average molecular weight is 290 g/mol. The summed E-state index contributed by atoms with van der Waals surface area (Å²) in [7, 11) is 0. The zero-order valence-electron chi connectivity index (χ0n) is 12.0. The van der Waals surface area contributed by atoms with Gasteiger partial charge < -0.3 is 5.32 Å². The molecule has 0 saturated heterocycles. The minimum Gasteiger partial charge on any atom is -0.305 e. The van der Waals surface area contributed by atoms with E-state index in [4.69, 9.17) is 5.10 Å². The van der Waals surface area contributed by atoms with Crippen LogP contribution >= 0.6 is 11.3 Å². The first kappa shape index (κ1) is 13.8. The summed E-state index contributed by atoms with van der Waals surface area (Å²) in [6.45, 7) is 3.68. The normalized spacial score (nSPS) is 16.6. The quantitative estimate of drug-likeness (QED) is 0.917. The topological polar surface area (TPSA) is 42.7 Å². The Hall–Kier alpha value is -1.20. The van der Waals surface area contributed by atoms with E-state index in [1.807, 2.05) is 6.92 Å². The summed E-state index contributed by atoms with van der Waals surface area (Å²) >= 11 is 1.70. The lowest BCUT2D eigenvalue weighted by Crippen LogP contribution is -2.16. The van der Waals surface area contributed by atoms with Crippen LogP contribution in [-0.2, 0) is 13.1 Å². The largest absolute Gasteiger partial charge is 0.305 e. The predicted molar refractivity (Wildman–Crippen MR) is 81.7 cm³/mol. The van der Waals surface area contributed by atoms with E-state index in [0.29, 0.717) is 6.04 Å². The summed E-state index contributed by atoms with van der Waals surface area (Å²) in [5.41, 5.74) is 2.25. The summed E-state index contributed by atoms with van der Waals surface area (Å²) in [6, 6.07) is 2.76. The first-order valence-corrected chi connectivity index (χ1v) is 8.35. The molecule has 1 N–H and O–H groups in total. The van der Waals surface area contributed by atoms with Crippen LogP contribution in [-0.4, -0.2) is 14.8 Å². The number of hydrogen-bond acceptors (Lipinski definition) is 4. The predicted octanol–water partition coefficient (Wildman–Crippen LogP) is 3.44. The van der Waals surface area contributed by atoms with Crippen LogP contribution in [0.25, 0.3) is 0 Å². The average Bonchev–Trinajstić information content (AvgIpc) is 3.09. The van der Waals surface area contributed by atoms with Crippen LogP contribution in [0.2, 0.25) is 0 Å². The van der Waals surface area contributed by atoms with E-state index in [-0.39, 0.29) is 0 Å². The van der Waals surface area contributed by atoms with Crippen molar-refractivity contribution in [1.82, 2.24) is 20.1 Å². The summed E-state index contributed by atoms with van der Waals surface area (Å²) in [5, 5.41) is 11.4. The lowest BCUT2D eigenvalue weighted by atomic mass is 9.96. The molecule has 2 heterocycles. The molecule has 0 spiro atoms. The second-order valence-corrected chi connectivity index (χ2v) is 6.60. The van der Waals surface area contributed by atoms with Crippen molar-refractivity contribution in [3.05, 3.63) is 34.0 Å². The molecule has 4 nitrogen and oxygen atoms in total. The van der Waals surface area contributed by atoms with Gasteiger partial charge in [0, 0.05) is 24.7 Å². The lowest BCUT2D eigenvalue weighted by Gasteiger charge is -2.21. The Kier molecular flexibility index (Phi) is 4.47. The molecular weight excluding hydrogens is 268 g/mol. The fourth-order valence-corrected chi connectivity index (χ4v) is 3.44. The summed E-state index contributed by atoms with van der Waals surface area (Å²) in [4.78, 5) is 4.45. The molecule has 3 rings (SSSR count). The van der Waals surface area contributed by atoms with Crippen molar-refractivity contribution in [1.29, 1.82) is 0 Å². The number of rotatable bonds is 5. The number of hydrogen-bond donors (Lipinski definition) is 1. The monoisotopic (exact) mass is 290 g/mol. The second kappa shape index (κ2) is 6.50. The highest BCUT2D eigenvalue weighted by atomic mass is 32.1. The van der Waals surface area contributed by atoms with Crippen LogP contribution in [0, 0.1) is 6.92 Å². The van der Waals surface area contributed by atoms with Crippen molar-refractivity contribution in [2.24, 2.45) is 0 Å². The van der Waals surface area contributed by atoms with Crippen LogP contribution in [0.15, 0.2) is 17.6 Å². The Morgan fingerprint density at radius 3 is 2.80 bits per heavy atom. The molecule has 0 unspecified atom stereocenters. The lowest BCUT2D eigenvalue weighted by molar-refractivity contribution is 0.327. The Morgan fingerprint density at radius 1 is 1.25 bits per heavy atom. The molecule has 0 atom stereocenters. The van der Waals surface area contributed by atoms with E-state index in [2.05, 4.69) is 32.6 Å². The van der Waals surface area contributed by atoms with Crippen LogP contribution < -0.4 is 5.32 Å². The first-order valence-electron chi connectivity index (χ1n) is 7.47. The molecule has 108 valence electrons. The summed E-state index contributed by atoms with van der Waals surface area (Å²) < 4.78 is 2.17. The van der Waals surface area contributed by atoms with Crippen LogP contribution in [0.1, 0.15) is 54.5 Å². The highest BCUT2D eigenvalue weighted by molar-refractivity contribution is 7.09. The maximum absolute atomic E-state index is 4.71. The smallest absolute Gasteiger partial charge is 0.0897 e. The van der Waals surface area contributed by atoms with Crippen molar-refractivity contribution in [3.63, 3.8) is 0 Å². The van der Waals surface area contributed by atoms with E-state index in [9.17, 15) is 0 Å². The molecule has 1 aliphatic rings. The van der Waals surface area contributed by atoms with Gasteiger partial charge in [0.05, 0.1) is 22.4 Å². The number of aromatic nitrogens is 3. The number of nitrogens with zero attached hydrogens (tertiary/aromatic N) is 3. The van der Waals surface area contributed by atoms with Crippen LogP contribution in [0.5, 0.6) is 0 Å². The molecule has 0 aromatic carbocycles. The highest BCUT2D eigenvalue weighted by Gasteiger charge is 2.15. The van der Waals surface area contributed by atoms with Gasteiger partial charge in [-0.05, 0) is 25.8 Å². The molecule has 0 aliphatic heterocycles. The van der Waals surface area contributed by atoms with Crippen molar-refractivity contribution in [2.45, 2.75) is 58.2 Å². The van der Waals surface area contributed by atoms with Gasteiger partial charge >= 0.3 is 0 Å². The highest BCUT2D eigenvalue weighted by Crippen LogP contribution is 2.27. The standard InChI is InChI=1S/C15H22N4S/c1-12-17-14(11-20-12)10-16-9-13-7-8-19(18-13)15-5-3-2-4-6-15/h7-8,11,15-16H,2-6,9-10H2,1H3. The third-order valence-electron chi connectivity index (χ3n) is 3.89. The third-order valence-corrected chi connectivity index (χ3v) is 4.71. The second-order valence-electron chi connectivity index (χ2n) is 5.54. The molecular formula is C15H22N4S. The van der Waals surface area contributed by atoms with E-state index in [1.54, 1.807) is 11.3 Å². The number of thiazole rings is 1. The molecule has 20 heavy (non-hydrogen) atoms. The van der Waals surface area contributed by atoms with Gasteiger partial charge in [0.15, 0.2) is 0 Å². The third kappa shape index (κ3) is 3.46. The van der Waals surface area contributed by atoms with Crippen molar-refractivity contribution >= 4 is 11.3 Å². The molecule has 0 bridgehead atoms. The fourth-order valence-electron chi connectivity index (χ4n) is 2.83. The summed E-state index contributed by atoms with van der Waals surface area (Å²) in [6.07, 6.45) is 8.79. The molecule has 5 heteroatoms. The van der Waals surface area contributed by atoms with Gasteiger partial charge in [-0.15, -0.1) is 11.3 Å². The zero-order valence-corrected chi connectivity index (χ0v) is 12.8. The van der Waals surface area contributed by atoms with Gasteiger partial charge in [-0.3, -0.25) is 4.68 Å². The van der Waals surface area contributed by atoms with Gasteiger partial charge in [0.1, 0.15) is 0 Å². The van der Waals surface area contributed by atoms with Gasteiger partial charge in [0.2, 0.25) is 0 Å².